The maximum atomic E-state index is 13.0. The lowest BCUT2D eigenvalue weighted by molar-refractivity contribution is -0.161. The Kier molecular flexibility index (Phi) is 58.9. The van der Waals surface area contributed by atoms with E-state index >= 15 is 0 Å². The summed E-state index contributed by atoms with van der Waals surface area (Å²) in [6, 6.07) is 0. The highest BCUT2D eigenvalue weighted by atomic mass is 31.2. The van der Waals surface area contributed by atoms with Gasteiger partial charge in [-0.15, -0.1) is 0 Å². The zero-order valence-corrected chi connectivity index (χ0v) is 52.3. The summed E-state index contributed by atoms with van der Waals surface area (Å²) in [5, 5.41) is 9.85. The number of hydrogen-bond acceptors (Lipinski definition) is 10. The van der Waals surface area contributed by atoms with Crippen molar-refractivity contribution in [3.63, 3.8) is 0 Å². The lowest BCUT2D eigenvalue weighted by Gasteiger charge is -2.21. The molecule has 2 N–H and O–H groups in total. The monoisotopic (exact) mass is 1160 g/mol. The van der Waals surface area contributed by atoms with Gasteiger partial charge in [0.1, 0.15) is 12.7 Å². The van der Waals surface area contributed by atoms with Crippen LogP contribution < -0.4 is 0 Å². The number of rotatable bonds is 57. The Hall–Kier alpha value is -4.64. The molecule has 3 unspecified atom stereocenters. The van der Waals surface area contributed by atoms with E-state index in [0.29, 0.717) is 25.7 Å². The van der Waals surface area contributed by atoms with E-state index in [0.717, 1.165) is 141 Å². The molecule has 11 nitrogen and oxygen atoms in total. The third-order valence-electron chi connectivity index (χ3n) is 12.7. The molecule has 0 aromatic heterocycles. The molecule has 82 heavy (non-hydrogen) atoms. The van der Waals surface area contributed by atoms with Crippen LogP contribution in [0.5, 0.6) is 0 Å². The summed E-state index contributed by atoms with van der Waals surface area (Å²) in [6.45, 7) is 4.28. The maximum absolute atomic E-state index is 13.0. The van der Waals surface area contributed by atoms with Crippen LogP contribution in [0.1, 0.15) is 239 Å². The van der Waals surface area contributed by atoms with Crippen molar-refractivity contribution in [2.45, 2.75) is 251 Å². The lowest BCUT2D eigenvalue weighted by Crippen LogP contribution is -2.30. The SMILES string of the molecule is CC/C=C\C/C=C\C/C=C\C/C=C\C/C=C\C/C=C\CCC(=O)OC(COC(=O)CCCCCCCC/C=C\C/C=C\C/C=C\CCCCC)COP(=O)(O)OCC(CO)OC(=O)CCCCCCCCC/C=C\C/C=C\C/C=C\CC. The highest BCUT2D eigenvalue weighted by molar-refractivity contribution is 7.47. The zero-order chi connectivity index (χ0) is 59.8. The molecule has 0 aliphatic rings. The summed E-state index contributed by atoms with van der Waals surface area (Å²) in [7, 11) is -4.79. The molecule has 0 radical (unpaired) electrons. The van der Waals surface area contributed by atoms with Crippen LogP contribution in [0.4, 0.5) is 0 Å². The Labute approximate surface area is 499 Å². The van der Waals surface area contributed by atoms with Gasteiger partial charge in [0.2, 0.25) is 0 Å². The summed E-state index contributed by atoms with van der Waals surface area (Å²) >= 11 is 0. The van der Waals surface area contributed by atoms with Gasteiger partial charge in [0.25, 0.3) is 0 Å². The molecule has 0 bridgehead atoms. The van der Waals surface area contributed by atoms with Crippen molar-refractivity contribution in [1.29, 1.82) is 0 Å². The maximum Gasteiger partial charge on any atom is 0.472 e. The first-order valence-corrected chi connectivity index (χ1v) is 33.2. The summed E-state index contributed by atoms with van der Waals surface area (Å²) in [5.41, 5.74) is 0. The summed E-state index contributed by atoms with van der Waals surface area (Å²) in [5.74, 6) is -1.60. The van der Waals surface area contributed by atoms with E-state index in [2.05, 4.69) is 154 Å². The van der Waals surface area contributed by atoms with E-state index in [1.807, 2.05) is 12.2 Å². The Morgan fingerprint density at radius 3 is 1.05 bits per heavy atom. The highest BCUT2D eigenvalue weighted by Crippen LogP contribution is 2.43. The third kappa shape index (κ3) is 60.0. The van der Waals surface area contributed by atoms with Crippen LogP contribution in [0, 0.1) is 0 Å². The fourth-order valence-corrected chi connectivity index (χ4v) is 8.77. The normalized spacial score (nSPS) is 14.3. The molecule has 464 valence electrons. The second kappa shape index (κ2) is 62.4. The molecular weight excluding hydrogens is 1050 g/mol. The first-order chi connectivity index (χ1) is 40.2. The van der Waals surface area contributed by atoms with E-state index in [4.69, 9.17) is 23.3 Å². The van der Waals surface area contributed by atoms with Gasteiger partial charge in [-0.1, -0.05) is 237 Å². The molecule has 0 rings (SSSR count). The zero-order valence-electron chi connectivity index (χ0n) is 51.4. The number of allylic oxidation sites excluding steroid dienone is 24. The van der Waals surface area contributed by atoms with Crippen molar-refractivity contribution in [1.82, 2.24) is 0 Å². The number of carbonyl (C=O) groups is 3. The molecule has 0 saturated carbocycles. The number of carbonyl (C=O) groups excluding carboxylic acids is 3. The number of unbranched alkanes of at least 4 members (excludes halogenated alkanes) is 16. The number of ether oxygens (including phenoxy) is 3. The van der Waals surface area contributed by atoms with Gasteiger partial charge in [-0.25, -0.2) is 4.57 Å². The van der Waals surface area contributed by atoms with Gasteiger partial charge in [0.05, 0.1) is 19.8 Å². The van der Waals surface area contributed by atoms with Gasteiger partial charge >= 0.3 is 25.7 Å². The summed E-state index contributed by atoms with van der Waals surface area (Å²) < 4.78 is 39.6. The molecule has 0 aromatic rings. The Bertz CT molecular complexity index is 1930. The van der Waals surface area contributed by atoms with Gasteiger partial charge in [-0.2, -0.15) is 0 Å². The molecule has 12 heteroatoms. The van der Waals surface area contributed by atoms with E-state index < -0.39 is 57.8 Å². The van der Waals surface area contributed by atoms with E-state index in [1.165, 1.54) is 32.1 Å². The number of aliphatic hydroxyl groups excluding tert-OH is 1. The Morgan fingerprint density at radius 1 is 0.354 bits per heavy atom. The molecule has 3 atom stereocenters. The Morgan fingerprint density at radius 2 is 0.659 bits per heavy atom. The smallest absolute Gasteiger partial charge is 0.462 e. The minimum absolute atomic E-state index is 0.0309. The van der Waals surface area contributed by atoms with Gasteiger partial charge in [0.15, 0.2) is 6.10 Å². The number of esters is 3. The standard InChI is InChI=1S/C70H113O11P/c1-4-7-10-13-16-19-22-25-28-31-33-36-38-41-44-47-50-53-56-59-68(72)77-63-67(81-70(74)61-58-55-52-49-46-43-40-37-34-32-29-26-23-20-17-14-11-8-5-2)65-79-82(75,76)78-64-66(62-71)80-69(73)60-57-54-51-48-45-42-39-35-30-27-24-21-18-15-12-9-6-3/h8-9,11-12,16-21,25-30,33-34,36-37,43,46,52,55,66-67,71H,4-7,10,13-15,22-24,31-32,35,38-42,44-45,47-51,53-54,56-65H2,1-3H3,(H,75,76)/b11-8-,12-9-,19-16-,20-17-,21-18-,28-25-,29-26-,30-27-,36-33-,37-34-,46-43-,55-52-. The van der Waals surface area contributed by atoms with Crippen LogP contribution >= 0.6 is 7.82 Å². The van der Waals surface area contributed by atoms with Crippen LogP contribution in [0.25, 0.3) is 0 Å². The van der Waals surface area contributed by atoms with Crippen molar-refractivity contribution in [3.8, 4) is 0 Å². The lowest BCUT2D eigenvalue weighted by atomic mass is 10.1. The minimum atomic E-state index is -4.79. The van der Waals surface area contributed by atoms with Crippen molar-refractivity contribution in [2.75, 3.05) is 26.4 Å². The van der Waals surface area contributed by atoms with Crippen molar-refractivity contribution in [3.05, 3.63) is 146 Å². The fourth-order valence-electron chi connectivity index (χ4n) is 7.99. The van der Waals surface area contributed by atoms with Crippen LogP contribution in [0.15, 0.2) is 146 Å². The highest BCUT2D eigenvalue weighted by Gasteiger charge is 2.28. The van der Waals surface area contributed by atoms with Crippen LogP contribution in [0.2, 0.25) is 0 Å². The van der Waals surface area contributed by atoms with Crippen LogP contribution in [-0.2, 0) is 42.2 Å². The molecular formula is C70H113O11P. The number of aliphatic hydroxyl groups is 1. The van der Waals surface area contributed by atoms with Crippen LogP contribution in [0.3, 0.4) is 0 Å². The first-order valence-electron chi connectivity index (χ1n) is 31.7. The van der Waals surface area contributed by atoms with Gasteiger partial charge < -0.3 is 24.2 Å². The predicted octanol–water partition coefficient (Wildman–Crippen LogP) is 19.5. The average Bonchev–Trinajstić information content (AvgIpc) is 3.50. The molecule has 0 amide bonds. The molecule has 0 fully saturated rings. The van der Waals surface area contributed by atoms with Crippen LogP contribution in [-0.4, -0.2) is 66.5 Å². The molecule has 0 aliphatic carbocycles. The molecule has 0 aliphatic heterocycles. The number of hydrogen-bond donors (Lipinski definition) is 2. The average molecular weight is 1160 g/mol. The Balaban J connectivity index is 4.86. The largest absolute Gasteiger partial charge is 0.472 e. The second-order valence-corrected chi connectivity index (χ2v) is 21.9. The number of phosphoric acid groups is 1. The van der Waals surface area contributed by atoms with Crippen molar-refractivity contribution >= 4 is 25.7 Å². The molecule has 0 aromatic carbocycles. The van der Waals surface area contributed by atoms with Gasteiger partial charge in [0, 0.05) is 19.3 Å². The molecule has 0 spiro atoms. The first kappa shape index (κ1) is 77.4. The number of phosphoric ester groups is 1. The predicted molar refractivity (Wildman–Crippen MR) is 343 cm³/mol. The second-order valence-electron chi connectivity index (χ2n) is 20.5. The summed E-state index contributed by atoms with van der Waals surface area (Å²) in [4.78, 5) is 48.7. The third-order valence-corrected chi connectivity index (χ3v) is 13.7. The van der Waals surface area contributed by atoms with Crippen molar-refractivity contribution < 1.29 is 52.2 Å². The molecule has 0 heterocycles. The van der Waals surface area contributed by atoms with Crippen molar-refractivity contribution in [2.24, 2.45) is 0 Å². The summed E-state index contributed by atoms with van der Waals surface area (Å²) in [6.07, 6.45) is 80.9. The van der Waals surface area contributed by atoms with Gasteiger partial charge in [-0.05, 0) is 128 Å². The van der Waals surface area contributed by atoms with E-state index in [9.17, 15) is 28.9 Å². The quantitative estimate of drug-likeness (QED) is 0.0197. The fraction of sp³-hybridized carbons (Fsp3) is 0.614. The minimum Gasteiger partial charge on any atom is -0.462 e. The van der Waals surface area contributed by atoms with Gasteiger partial charge in [-0.3, -0.25) is 23.4 Å². The topological polar surface area (TPSA) is 155 Å². The van der Waals surface area contributed by atoms with E-state index in [-0.39, 0.29) is 25.9 Å². The molecule has 0 saturated heterocycles. The van der Waals surface area contributed by atoms with E-state index in [1.54, 1.807) is 0 Å².